The molecule has 116 valence electrons. The zero-order valence-electron chi connectivity index (χ0n) is 11.7. The first-order chi connectivity index (χ1) is 11.0. The number of phenols is 1. The van der Waals surface area contributed by atoms with E-state index in [0.29, 0.717) is 11.3 Å². The van der Waals surface area contributed by atoms with Crippen LogP contribution in [0.5, 0.6) is 5.75 Å². The number of hydrogen-bond acceptors (Lipinski definition) is 5. The van der Waals surface area contributed by atoms with Gasteiger partial charge in [0.1, 0.15) is 17.4 Å². The molecule has 6 nitrogen and oxygen atoms in total. The second-order valence-electron chi connectivity index (χ2n) is 4.44. The fourth-order valence-electron chi connectivity index (χ4n) is 1.76. The van der Waals surface area contributed by atoms with Gasteiger partial charge in [-0.15, -0.1) is 0 Å². The van der Waals surface area contributed by atoms with Gasteiger partial charge in [0.25, 0.3) is 5.91 Å². The van der Waals surface area contributed by atoms with Crippen LogP contribution in [-0.4, -0.2) is 23.6 Å². The van der Waals surface area contributed by atoms with E-state index in [2.05, 4.69) is 5.32 Å². The molecule has 2 aromatic rings. The molecule has 0 bridgehead atoms. The third-order valence-electron chi connectivity index (χ3n) is 2.84. The third-order valence-corrected chi connectivity index (χ3v) is 3.07. The number of phenolic OH excluding ortho intramolecular Hbond substituents is 1. The number of nitrogens with zero attached hydrogens (tertiary/aromatic N) is 1. The monoisotopic (exact) mass is 330 g/mol. The van der Waals surface area contributed by atoms with Crippen molar-refractivity contribution in [1.29, 1.82) is 5.26 Å². The van der Waals surface area contributed by atoms with E-state index in [-0.39, 0.29) is 16.3 Å². The summed E-state index contributed by atoms with van der Waals surface area (Å²) < 4.78 is 4.82. The lowest BCUT2D eigenvalue weighted by atomic mass is 10.2. The lowest BCUT2D eigenvalue weighted by Crippen LogP contribution is -2.21. The lowest BCUT2D eigenvalue weighted by Gasteiger charge is -2.08. The summed E-state index contributed by atoms with van der Waals surface area (Å²) in [4.78, 5) is 23.6. The summed E-state index contributed by atoms with van der Waals surface area (Å²) in [5, 5.41) is 21.3. The van der Waals surface area contributed by atoms with Crippen LogP contribution in [0.3, 0.4) is 0 Å². The second-order valence-corrected chi connectivity index (χ2v) is 4.88. The first kappa shape index (κ1) is 16.3. The number of nitriles is 1. The van der Waals surface area contributed by atoms with Gasteiger partial charge in [-0.3, -0.25) is 4.79 Å². The normalized spacial score (nSPS) is 9.74. The van der Waals surface area contributed by atoms with E-state index < -0.39 is 18.5 Å². The Hall–Kier alpha value is -3.04. The molecule has 7 heteroatoms. The SMILES string of the molecule is N#Cc1ccccc1NC(=O)COC(=O)c1ccc(Cl)cc1O. The molecule has 0 aliphatic heterocycles. The highest BCUT2D eigenvalue weighted by Gasteiger charge is 2.15. The Morgan fingerprint density at radius 1 is 1.26 bits per heavy atom. The average molecular weight is 331 g/mol. The van der Waals surface area contributed by atoms with E-state index in [4.69, 9.17) is 21.6 Å². The molecule has 0 atom stereocenters. The molecule has 23 heavy (non-hydrogen) atoms. The van der Waals surface area contributed by atoms with E-state index in [1.807, 2.05) is 6.07 Å². The van der Waals surface area contributed by atoms with E-state index in [0.717, 1.165) is 0 Å². The van der Waals surface area contributed by atoms with Crippen molar-refractivity contribution in [3.63, 3.8) is 0 Å². The fraction of sp³-hybridized carbons (Fsp3) is 0.0625. The highest BCUT2D eigenvalue weighted by molar-refractivity contribution is 6.30. The molecule has 0 aliphatic rings. The number of anilines is 1. The Morgan fingerprint density at radius 3 is 2.70 bits per heavy atom. The van der Waals surface area contributed by atoms with E-state index in [1.54, 1.807) is 24.3 Å². The van der Waals surface area contributed by atoms with Gasteiger partial charge in [-0.05, 0) is 30.3 Å². The Balaban J connectivity index is 1.96. The summed E-state index contributed by atoms with van der Waals surface area (Å²) in [6, 6.07) is 12.3. The van der Waals surface area contributed by atoms with E-state index >= 15 is 0 Å². The number of carbonyl (C=O) groups excluding carboxylic acids is 2. The summed E-state index contributed by atoms with van der Waals surface area (Å²) in [6.45, 7) is -0.555. The van der Waals surface area contributed by atoms with Crippen LogP contribution in [0.4, 0.5) is 5.69 Å². The second kappa shape index (κ2) is 7.29. The average Bonchev–Trinajstić information content (AvgIpc) is 2.53. The quantitative estimate of drug-likeness (QED) is 0.840. The van der Waals surface area contributed by atoms with Gasteiger partial charge in [0.2, 0.25) is 0 Å². The number of nitrogens with one attached hydrogen (secondary N) is 1. The number of carbonyl (C=O) groups is 2. The predicted octanol–water partition coefficient (Wildman–Crippen LogP) is 2.71. The topological polar surface area (TPSA) is 99.4 Å². The number of hydrogen-bond donors (Lipinski definition) is 2. The van der Waals surface area contributed by atoms with Crippen LogP contribution < -0.4 is 5.32 Å². The number of esters is 1. The van der Waals surface area contributed by atoms with E-state index in [1.165, 1.54) is 18.2 Å². The lowest BCUT2D eigenvalue weighted by molar-refractivity contribution is -0.119. The zero-order valence-corrected chi connectivity index (χ0v) is 12.5. The van der Waals surface area contributed by atoms with Crippen LogP contribution in [0.15, 0.2) is 42.5 Å². The van der Waals surface area contributed by atoms with E-state index in [9.17, 15) is 14.7 Å². The van der Waals surface area contributed by atoms with Gasteiger partial charge in [-0.1, -0.05) is 23.7 Å². The van der Waals surface area contributed by atoms with Crippen molar-refractivity contribution in [3.8, 4) is 11.8 Å². The summed E-state index contributed by atoms with van der Waals surface area (Å²) in [7, 11) is 0. The Kier molecular flexibility index (Phi) is 5.18. The van der Waals surface area contributed by atoms with Crippen molar-refractivity contribution in [2.45, 2.75) is 0 Å². The maximum Gasteiger partial charge on any atom is 0.342 e. The number of para-hydroxylation sites is 1. The summed E-state index contributed by atoms with van der Waals surface area (Å²) in [6.07, 6.45) is 0. The van der Waals surface area contributed by atoms with Gasteiger partial charge < -0.3 is 15.2 Å². The molecule has 0 aromatic heterocycles. The molecule has 0 unspecified atom stereocenters. The molecule has 0 spiro atoms. The zero-order chi connectivity index (χ0) is 16.8. The number of rotatable bonds is 4. The predicted molar refractivity (Wildman–Crippen MR) is 83.2 cm³/mol. The van der Waals surface area contributed by atoms with Crippen molar-refractivity contribution in [1.82, 2.24) is 0 Å². The van der Waals surface area contributed by atoms with Crippen LogP contribution in [0.1, 0.15) is 15.9 Å². The fourth-order valence-corrected chi connectivity index (χ4v) is 1.93. The highest BCUT2D eigenvalue weighted by atomic mass is 35.5. The van der Waals surface area contributed by atoms with Crippen molar-refractivity contribution < 1.29 is 19.4 Å². The molecule has 0 radical (unpaired) electrons. The van der Waals surface area contributed by atoms with Gasteiger partial charge in [0.05, 0.1) is 11.3 Å². The number of ether oxygens (including phenoxy) is 1. The van der Waals surface area contributed by atoms with Gasteiger partial charge in [-0.25, -0.2) is 4.79 Å². The minimum Gasteiger partial charge on any atom is -0.507 e. The first-order valence-electron chi connectivity index (χ1n) is 6.46. The third kappa shape index (κ3) is 4.22. The molecule has 0 fully saturated rings. The summed E-state index contributed by atoms with van der Waals surface area (Å²) in [5.74, 6) is -1.80. The minimum absolute atomic E-state index is 0.0976. The van der Waals surface area contributed by atoms with Gasteiger partial charge in [0.15, 0.2) is 6.61 Å². The smallest absolute Gasteiger partial charge is 0.342 e. The van der Waals surface area contributed by atoms with Crippen LogP contribution in [0.2, 0.25) is 5.02 Å². The number of amides is 1. The van der Waals surface area contributed by atoms with Crippen molar-refractivity contribution in [3.05, 3.63) is 58.6 Å². The maximum atomic E-state index is 11.8. The molecule has 0 aliphatic carbocycles. The largest absolute Gasteiger partial charge is 0.507 e. The first-order valence-corrected chi connectivity index (χ1v) is 6.83. The molecule has 2 N–H and O–H groups in total. The van der Waals surface area contributed by atoms with Crippen molar-refractivity contribution >= 4 is 29.2 Å². The number of aromatic hydroxyl groups is 1. The maximum absolute atomic E-state index is 11.8. The molecular formula is C16H11ClN2O4. The Bertz CT molecular complexity index is 799. The number of benzene rings is 2. The molecule has 1 amide bonds. The standard InChI is InChI=1S/C16H11ClN2O4/c17-11-5-6-12(14(20)7-11)16(22)23-9-15(21)19-13-4-2-1-3-10(13)8-18/h1-7,20H,9H2,(H,19,21). The Morgan fingerprint density at radius 2 is 2.00 bits per heavy atom. The van der Waals surface area contributed by atoms with Crippen LogP contribution in [0.25, 0.3) is 0 Å². The Labute approximate surface area is 136 Å². The minimum atomic E-state index is -0.858. The molecular weight excluding hydrogens is 320 g/mol. The van der Waals surface area contributed by atoms with Gasteiger partial charge in [0, 0.05) is 5.02 Å². The molecule has 2 rings (SSSR count). The van der Waals surface area contributed by atoms with Crippen molar-refractivity contribution in [2.24, 2.45) is 0 Å². The van der Waals surface area contributed by atoms with Gasteiger partial charge >= 0.3 is 5.97 Å². The molecule has 0 saturated carbocycles. The summed E-state index contributed by atoms with van der Waals surface area (Å²) in [5.41, 5.74) is 0.521. The highest BCUT2D eigenvalue weighted by Crippen LogP contribution is 2.22. The molecule has 0 heterocycles. The number of halogens is 1. The molecule has 2 aromatic carbocycles. The van der Waals surface area contributed by atoms with Crippen molar-refractivity contribution in [2.75, 3.05) is 11.9 Å². The van der Waals surface area contributed by atoms with Crippen LogP contribution in [0, 0.1) is 11.3 Å². The van der Waals surface area contributed by atoms with Crippen LogP contribution in [-0.2, 0) is 9.53 Å². The van der Waals surface area contributed by atoms with Crippen LogP contribution >= 0.6 is 11.6 Å². The van der Waals surface area contributed by atoms with Gasteiger partial charge in [-0.2, -0.15) is 5.26 Å². The molecule has 0 saturated heterocycles. The summed E-state index contributed by atoms with van der Waals surface area (Å²) >= 11 is 5.67.